The zero-order valence-electron chi connectivity index (χ0n) is 11.2. The van der Waals surface area contributed by atoms with E-state index in [4.69, 9.17) is 4.84 Å². The second-order valence-corrected chi connectivity index (χ2v) is 4.70. The first-order chi connectivity index (χ1) is 9.06. The molecule has 6 nitrogen and oxygen atoms in total. The fourth-order valence-electron chi connectivity index (χ4n) is 1.99. The van der Waals surface area contributed by atoms with E-state index in [0.29, 0.717) is 5.92 Å². The minimum Gasteiger partial charge on any atom is -0.316 e. The van der Waals surface area contributed by atoms with Crippen LogP contribution in [0.15, 0.2) is 24.5 Å². The molecule has 1 aromatic carbocycles. The molecule has 0 N–H and O–H groups in total. The Hall–Kier alpha value is -2.24. The highest BCUT2D eigenvalue weighted by molar-refractivity contribution is 5.72. The van der Waals surface area contributed by atoms with Crippen LogP contribution in [0, 0.1) is 6.92 Å². The molecule has 2 aromatic rings. The van der Waals surface area contributed by atoms with E-state index < -0.39 is 5.97 Å². The van der Waals surface area contributed by atoms with Gasteiger partial charge in [0.15, 0.2) is 6.33 Å². The van der Waals surface area contributed by atoms with Crippen LogP contribution in [0.5, 0.6) is 0 Å². The normalized spacial score (nSPS) is 10.7. The van der Waals surface area contributed by atoms with Gasteiger partial charge >= 0.3 is 5.97 Å². The third-order valence-electron chi connectivity index (χ3n) is 2.83. The minimum absolute atomic E-state index is 0.194. The topological polar surface area (TPSA) is 69.9 Å². The number of aryl methyl sites for hydroxylation is 1. The van der Waals surface area contributed by atoms with Gasteiger partial charge in [0.2, 0.25) is 0 Å². The molecule has 0 atom stereocenters. The molecule has 0 saturated carbocycles. The zero-order chi connectivity index (χ0) is 13.8. The molecule has 6 heteroatoms. The number of tetrazole rings is 1. The van der Waals surface area contributed by atoms with Crippen molar-refractivity contribution in [3.63, 3.8) is 0 Å². The highest BCUT2D eigenvalue weighted by atomic mass is 16.7. The Bertz CT molecular complexity index is 564. The number of hydrogen-bond acceptors (Lipinski definition) is 5. The first-order valence-electron chi connectivity index (χ1n) is 6.10. The van der Waals surface area contributed by atoms with Crippen molar-refractivity contribution >= 4 is 5.97 Å². The summed E-state index contributed by atoms with van der Waals surface area (Å²) >= 11 is 0. The van der Waals surface area contributed by atoms with Crippen LogP contribution >= 0.6 is 0 Å². The second-order valence-electron chi connectivity index (χ2n) is 4.70. The van der Waals surface area contributed by atoms with E-state index in [2.05, 4.69) is 35.4 Å². The quantitative estimate of drug-likeness (QED) is 0.775. The second kappa shape index (κ2) is 5.60. The van der Waals surface area contributed by atoms with Crippen LogP contribution < -0.4 is 4.84 Å². The predicted molar refractivity (Wildman–Crippen MR) is 68.4 cm³/mol. The minimum atomic E-state index is -0.399. The van der Waals surface area contributed by atoms with Gasteiger partial charge < -0.3 is 4.84 Å². The van der Waals surface area contributed by atoms with E-state index in [1.54, 1.807) is 0 Å². The third kappa shape index (κ3) is 3.37. The average Bonchev–Trinajstić information content (AvgIpc) is 2.81. The van der Waals surface area contributed by atoms with Crippen molar-refractivity contribution in [2.75, 3.05) is 0 Å². The number of rotatable bonds is 4. The Labute approximate surface area is 111 Å². The van der Waals surface area contributed by atoms with E-state index in [-0.39, 0.29) is 6.42 Å². The van der Waals surface area contributed by atoms with Crippen LogP contribution in [-0.2, 0) is 11.2 Å². The van der Waals surface area contributed by atoms with Gasteiger partial charge in [0, 0.05) is 0 Å². The molecule has 0 bridgehead atoms. The van der Waals surface area contributed by atoms with Crippen LogP contribution in [-0.4, -0.2) is 26.3 Å². The zero-order valence-corrected chi connectivity index (χ0v) is 11.2. The lowest BCUT2D eigenvalue weighted by molar-refractivity contribution is -0.145. The maximum absolute atomic E-state index is 11.7. The number of carbonyl (C=O) groups excluding carboxylic acids is 1. The van der Waals surface area contributed by atoms with Gasteiger partial charge in [-0.15, -0.1) is 5.10 Å². The van der Waals surface area contributed by atoms with Crippen LogP contribution in [0.2, 0.25) is 0 Å². The number of nitrogens with zero attached hydrogens (tertiary/aromatic N) is 4. The Kier molecular flexibility index (Phi) is 3.89. The van der Waals surface area contributed by atoms with Crippen molar-refractivity contribution in [1.29, 1.82) is 0 Å². The summed E-state index contributed by atoms with van der Waals surface area (Å²) in [5.41, 5.74) is 3.39. The smallest absolute Gasteiger partial charge is 0.316 e. The van der Waals surface area contributed by atoms with Crippen molar-refractivity contribution in [2.45, 2.75) is 33.1 Å². The summed E-state index contributed by atoms with van der Waals surface area (Å²) in [5, 5.41) is 10.2. The summed E-state index contributed by atoms with van der Waals surface area (Å²) < 4.78 is 0. The lowest BCUT2D eigenvalue weighted by Crippen LogP contribution is -2.22. The fraction of sp³-hybridized carbons (Fsp3) is 0.385. The van der Waals surface area contributed by atoms with Crippen molar-refractivity contribution in [2.24, 2.45) is 0 Å². The molecule has 100 valence electrons. The molecule has 0 aliphatic carbocycles. The molecule has 0 radical (unpaired) electrons. The first-order valence-corrected chi connectivity index (χ1v) is 6.10. The van der Waals surface area contributed by atoms with E-state index in [1.807, 2.05) is 19.1 Å². The van der Waals surface area contributed by atoms with Gasteiger partial charge in [0.1, 0.15) is 0 Å². The maximum atomic E-state index is 11.7. The molecule has 1 heterocycles. The molecule has 1 aromatic heterocycles. The lowest BCUT2D eigenvalue weighted by atomic mass is 9.95. The van der Waals surface area contributed by atoms with Crippen molar-refractivity contribution in [1.82, 2.24) is 20.4 Å². The highest BCUT2D eigenvalue weighted by Gasteiger charge is 2.09. The third-order valence-corrected chi connectivity index (χ3v) is 2.83. The van der Waals surface area contributed by atoms with Crippen molar-refractivity contribution < 1.29 is 9.63 Å². The van der Waals surface area contributed by atoms with Crippen LogP contribution in [0.3, 0.4) is 0 Å². The van der Waals surface area contributed by atoms with E-state index in [1.165, 1.54) is 17.5 Å². The van der Waals surface area contributed by atoms with Gasteiger partial charge in [-0.2, -0.15) is 0 Å². The van der Waals surface area contributed by atoms with Gasteiger partial charge in [-0.05, 0) is 40.0 Å². The lowest BCUT2D eigenvalue weighted by Gasteiger charge is -2.11. The van der Waals surface area contributed by atoms with Gasteiger partial charge in [0.25, 0.3) is 0 Å². The SMILES string of the molecule is Cc1cc(CC(=O)On2cnnn2)ccc1C(C)C. The molecule has 0 spiro atoms. The van der Waals surface area contributed by atoms with Crippen LogP contribution in [0.25, 0.3) is 0 Å². The molecule has 0 saturated heterocycles. The molecule has 0 amide bonds. The Balaban J connectivity index is 2.03. The Morgan fingerprint density at radius 2 is 2.21 bits per heavy atom. The molecule has 0 aliphatic heterocycles. The van der Waals surface area contributed by atoms with Gasteiger partial charge in [-0.3, -0.25) is 0 Å². The molecule has 0 fully saturated rings. The van der Waals surface area contributed by atoms with Gasteiger partial charge in [-0.25, -0.2) is 4.79 Å². The standard InChI is InChI=1S/C13H16N4O2/c1-9(2)12-5-4-11(6-10(12)3)7-13(18)19-17-8-14-15-16-17/h4-6,8-9H,7H2,1-3H3. The number of benzene rings is 1. The molecule has 2 rings (SSSR count). The average molecular weight is 260 g/mol. The molecule has 0 aliphatic rings. The molecule has 19 heavy (non-hydrogen) atoms. The summed E-state index contributed by atoms with van der Waals surface area (Å²) in [6.07, 6.45) is 1.42. The van der Waals surface area contributed by atoms with Gasteiger partial charge in [0.05, 0.1) is 6.42 Å². The van der Waals surface area contributed by atoms with Crippen molar-refractivity contribution in [3.8, 4) is 0 Å². The molecule has 0 unspecified atom stereocenters. The monoisotopic (exact) mass is 260 g/mol. The van der Waals surface area contributed by atoms with E-state index >= 15 is 0 Å². The van der Waals surface area contributed by atoms with Crippen molar-refractivity contribution in [3.05, 3.63) is 41.2 Å². The number of hydrogen-bond donors (Lipinski definition) is 0. The number of carbonyl (C=O) groups is 1. The summed E-state index contributed by atoms with van der Waals surface area (Å²) in [5.74, 6) is 0.0752. The Morgan fingerprint density at radius 3 is 2.79 bits per heavy atom. The number of aromatic nitrogens is 4. The largest absolute Gasteiger partial charge is 0.339 e. The van der Waals surface area contributed by atoms with Crippen LogP contribution in [0.1, 0.15) is 36.5 Å². The summed E-state index contributed by atoms with van der Waals surface area (Å²) in [4.78, 5) is 17.5. The summed E-state index contributed by atoms with van der Waals surface area (Å²) in [7, 11) is 0. The van der Waals surface area contributed by atoms with E-state index in [0.717, 1.165) is 10.4 Å². The Morgan fingerprint density at radius 1 is 1.42 bits per heavy atom. The predicted octanol–water partition coefficient (Wildman–Crippen LogP) is 1.30. The first kappa shape index (κ1) is 13.2. The maximum Gasteiger partial charge on any atom is 0.339 e. The summed E-state index contributed by atoms with van der Waals surface area (Å²) in [6.45, 7) is 6.34. The van der Waals surface area contributed by atoms with Gasteiger partial charge in [-0.1, -0.05) is 36.9 Å². The molecular weight excluding hydrogens is 244 g/mol. The highest BCUT2D eigenvalue weighted by Crippen LogP contribution is 2.20. The molecular formula is C13H16N4O2. The fourth-order valence-corrected chi connectivity index (χ4v) is 1.99. The summed E-state index contributed by atoms with van der Waals surface area (Å²) in [6, 6.07) is 6.01. The van der Waals surface area contributed by atoms with E-state index in [9.17, 15) is 4.79 Å². The van der Waals surface area contributed by atoms with Crippen LogP contribution in [0.4, 0.5) is 0 Å².